The number of hydrogen-bond acceptors (Lipinski definition) is 0. The van der Waals surface area contributed by atoms with Crippen LogP contribution in [0.25, 0.3) is 0 Å². The highest BCUT2D eigenvalue weighted by molar-refractivity contribution is 5.13. The minimum Gasteiger partial charge on any atom is -0.103 e. The van der Waals surface area contributed by atoms with Crippen LogP contribution in [0.15, 0.2) is 0 Å². The van der Waals surface area contributed by atoms with E-state index in [1.165, 1.54) is 19.3 Å². The summed E-state index contributed by atoms with van der Waals surface area (Å²) in [4.78, 5) is 0. The smallest absolute Gasteiger partial charge is 0.0236 e. The summed E-state index contributed by atoms with van der Waals surface area (Å²) in [5, 5.41) is 0. The van der Waals surface area contributed by atoms with E-state index in [4.69, 9.17) is 0 Å². The van der Waals surface area contributed by atoms with Crippen LogP contribution >= 0.6 is 0 Å². The Kier molecular flexibility index (Phi) is 2.13. The Morgan fingerprint density at radius 3 is 2.92 bits per heavy atom. The molecule has 0 nitrogen and oxygen atoms in total. The molecule has 0 radical (unpaired) electrons. The second-order valence-electron chi connectivity index (χ2n) is 4.63. The fraction of sp³-hybridized carbons (Fsp3) is 0.833. The molecule has 0 aliphatic heterocycles. The molecule has 0 aromatic carbocycles. The quantitative estimate of drug-likeness (QED) is 0.520. The van der Waals surface area contributed by atoms with E-state index < -0.39 is 0 Å². The van der Waals surface area contributed by atoms with E-state index in [1.54, 1.807) is 0 Å². The highest BCUT2D eigenvalue weighted by atomic mass is 14.4. The molecule has 0 heteroatoms. The van der Waals surface area contributed by atoms with Gasteiger partial charge in [-0.15, -0.1) is 5.92 Å². The van der Waals surface area contributed by atoms with Crippen molar-refractivity contribution in [3.8, 4) is 11.8 Å². The molecular weight excluding hydrogens is 144 g/mol. The van der Waals surface area contributed by atoms with Gasteiger partial charge in [0.25, 0.3) is 0 Å². The van der Waals surface area contributed by atoms with Gasteiger partial charge in [-0.2, -0.15) is 0 Å². The lowest BCUT2D eigenvalue weighted by molar-refractivity contribution is 0.0646. The van der Waals surface area contributed by atoms with Gasteiger partial charge in [0.2, 0.25) is 0 Å². The van der Waals surface area contributed by atoms with Gasteiger partial charge >= 0.3 is 0 Å². The third-order valence-corrected chi connectivity index (χ3v) is 3.58. The maximum atomic E-state index is 3.42. The molecule has 0 spiro atoms. The van der Waals surface area contributed by atoms with Crippen molar-refractivity contribution >= 4 is 0 Å². The topological polar surface area (TPSA) is 0 Å². The Morgan fingerprint density at radius 1 is 1.33 bits per heavy atom. The normalized spacial score (nSPS) is 39.1. The van der Waals surface area contributed by atoms with Gasteiger partial charge in [-0.1, -0.05) is 19.8 Å². The molecule has 2 rings (SSSR count). The molecule has 0 amide bonds. The summed E-state index contributed by atoms with van der Waals surface area (Å²) in [6, 6.07) is 0. The Morgan fingerprint density at radius 2 is 2.17 bits per heavy atom. The number of rotatable bonds is 1. The molecule has 0 heterocycles. The predicted molar refractivity (Wildman–Crippen MR) is 51.6 cm³/mol. The molecule has 1 saturated carbocycles. The Bertz CT molecular complexity index is 216. The van der Waals surface area contributed by atoms with Crippen molar-refractivity contribution in [2.45, 2.75) is 39.5 Å². The zero-order chi connectivity index (χ0) is 8.55. The fourth-order valence-electron chi connectivity index (χ4n) is 2.72. The molecule has 12 heavy (non-hydrogen) atoms. The maximum absolute atomic E-state index is 3.42. The van der Waals surface area contributed by atoms with Crippen LogP contribution in [0, 0.1) is 35.5 Å². The molecule has 0 bridgehead atoms. The minimum atomic E-state index is 0.778. The second-order valence-corrected chi connectivity index (χ2v) is 4.63. The minimum absolute atomic E-state index is 0.778. The van der Waals surface area contributed by atoms with E-state index in [0.717, 1.165) is 30.1 Å². The van der Waals surface area contributed by atoms with Crippen molar-refractivity contribution in [1.82, 2.24) is 0 Å². The first kappa shape index (κ1) is 8.17. The van der Waals surface area contributed by atoms with Crippen molar-refractivity contribution in [2.75, 3.05) is 0 Å². The summed E-state index contributed by atoms with van der Waals surface area (Å²) in [7, 11) is 0. The average molecular weight is 162 g/mol. The first-order valence-corrected chi connectivity index (χ1v) is 5.27. The fourth-order valence-corrected chi connectivity index (χ4v) is 2.72. The van der Waals surface area contributed by atoms with Crippen molar-refractivity contribution in [2.24, 2.45) is 23.7 Å². The van der Waals surface area contributed by atoms with E-state index in [1.807, 2.05) is 0 Å². The van der Waals surface area contributed by atoms with Crippen molar-refractivity contribution in [3.63, 3.8) is 0 Å². The van der Waals surface area contributed by atoms with E-state index in [9.17, 15) is 0 Å². The molecule has 3 atom stereocenters. The molecule has 0 aromatic heterocycles. The zero-order valence-electron chi connectivity index (χ0n) is 8.14. The van der Waals surface area contributed by atoms with Gasteiger partial charge in [0, 0.05) is 12.3 Å². The van der Waals surface area contributed by atoms with Gasteiger partial charge in [0.05, 0.1) is 0 Å². The SMILES string of the molecule is CC(C)C1CC2C#CCCCC21. The van der Waals surface area contributed by atoms with Gasteiger partial charge in [0.15, 0.2) is 0 Å². The third kappa shape index (κ3) is 1.26. The average Bonchev–Trinajstić information content (AvgIpc) is 2.13. The summed E-state index contributed by atoms with van der Waals surface area (Å²) in [6.45, 7) is 4.72. The largest absolute Gasteiger partial charge is 0.103 e. The third-order valence-electron chi connectivity index (χ3n) is 3.58. The van der Waals surface area contributed by atoms with Crippen LogP contribution in [0.3, 0.4) is 0 Å². The number of fused-ring (bicyclic) bond motifs is 1. The monoisotopic (exact) mass is 162 g/mol. The standard InChI is InChI=1S/C12H18/c1-9(2)12-8-10-6-4-3-5-7-11(10)12/h9-12H,3,5,7-8H2,1-2H3. The maximum Gasteiger partial charge on any atom is 0.0236 e. The van der Waals surface area contributed by atoms with E-state index >= 15 is 0 Å². The van der Waals surface area contributed by atoms with Gasteiger partial charge in [-0.3, -0.25) is 0 Å². The van der Waals surface area contributed by atoms with Crippen LogP contribution in [-0.4, -0.2) is 0 Å². The van der Waals surface area contributed by atoms with Crippen LogP contribution in [0.1, 0.15) is 39.5 Å². The molecule has 0 aromatic rings. The first-order chi connectivity index (χ1) is 5.79. The summed E-state index contributed by atoms with van der Waals surface area (Å²) in [5.74, 6) is 10.3. The zero-order valence-corrected chi connectivity index (χ0v) is 8.14. The number of hydrogen-bond donors (Lipinski definition) is 0. The van der Waals surface area contributed by atoms with E-state index in [-0.39, 0.29) is 0 Å². The van der Waals surface area contributed by atoms with Gasteiger partial charge in [0.1, 0.15) is 0 Å². The van der Waals surface area contributed by atoms with Crippen molar-refractivity contribution in [3.05, 3.63) is 0 Å². The van der Waals surface area contributed by atoms with Crippen LogP contribution in [0.2, 0.25) is 0 Å². The summed E-state index contributed by atoms with van der Waals surface area (Å²) in [5.41, 5.74) is 0. The molecule has 2 aliphatic rings. The second kappa shape index (κ2) is 3.13. The molecule has 66 valence electrons. The lowest BCUT2D eigenvalue weighted by Crippen LogP contribution is -2.38. The molecule has 2 aliphatic carbocycles. The van der Waals surface area contributed by atoms with Gasteiger partial charge in [-0.05, 0) is 37.0 Å². The van der Waals surface area contributed by atoms with E-state index in [0.29, 0.717) is 0 Å². The van der Waals surface area contributed by atoms with Crippen molar-refractivity contribution in [1.29, 1.82) is 0 Å². The summed E-state index contributed by atoms with van der Waals surface area (Å²) >= 11 is 0. The molecule has 3 unspecified atom stereocenters. The summed E-state index contributed by atoms with van der Waals surface area (Å²) < 4.78 is 0. The van der Waals surface area contributed by atoms with Crippen LogP contribution in [0.5, 0.6) is 0 Å². The van der Waals surface area contributed by atoms with Gasteiger partial charge < -0.3 is 0 Å². The van der Waals surface area contributed by atoms with E-state index in [2.05, 4.69) is 25.7 Å². The molecule has 0 N–H and O–H groups in total. The Hall–Kier alpha value is -0.440. The van der Waals surface area contributed by atoms with Crippen LogP contribution < -0.4 is 0 Å². The van der Waals surface area contributed by atoms with Crippen LogP contribution in [-0.2, 0) is 0 Å². The highest BCUT2D eigenvalue weighted by Gasteiger charge is 2.41. The lowest BCUT2D eigenvalue weighted by Gasteiger charge is -2.44. The summed E-state index contributed by atoms with van der Waals surface area (Å²) in [6.07, 6.45) is 5.30. The molecule has 0 saturated heterocycles. The highest BCUT2D eigenvalue weighted by Crippen LogP contribution is 2.47. The van der Waals surface area contributed by atoms with Crippen molar-refractivity contribution < 1.29 is 0 Å². The molecular formula is C12H18. The Balaban J connectivity index is 2.00. The van der Waals surface area contributed by atoms with Gasteiger partial charge in [-0.25, -0.2) is 0 Å². The van der Waals surface area contributed by atoms with Crippen LogP contribution in [0.4, 0.5) is 0 Å². The predicted octanol–water partition coefficient (Wildman–Crippen LogP) is 3.08. The molecule has 1 fully saturated rings. The Labute approximate surface area is 75.7 Å². The lowest BCUT2D eigenvalue weighted by atomic mass is 9.60. The first-order valence-electron chi connectivity index (χ1n) is 5.27.